The molecule has 0 amide bonds. The maximum Gasteiger partial charge on any atom is 0.231 e. The van der Waals surface area contributed by atoms with Crippen LogP contribution in [-0.4, -0.2) is 39.5 Å². The lowest BCUT2D eigenvalue weighted by Crippen LogP contribution is -2.39. The predicted molar refractivity (Wildman–Crippen MR) is 86.9 cm³/mol. The van der Waals surface area contributed by atoms with E-state index in [1.165, 1.54) is 0 Å². The van der Waals surface area contributed by atoms with Gasteiger partial charge < -0.3 is 24.8 Å². The van der Waals surface area contributed by atoms with Gasteiger partial charge >= 0.3 is 0 Å². The number of nitrogens with one attached hydrogen (secondary N) is 2. The Morgan fingerprint density at radius 1 is 1.23 bits per heavy atom. The molecule has 0 fully saturated rings. The number of benzene rings is 1. The third-order valence-electron chi connectivity index (χ3n) is 3.25. The molecule has 0 spiro atoms. The molecule has 6 heteroatoms. The lowest BCUT2D eigenvalue weighted by atomic mass is 10.1. The standard InChI is InChI=1S/C16H25N3O3/c1-12(2)6-7-18-16(17-3)19-8-9-20-13-4-5-14-15(10-13)22-11-21-14/h4-5,10,12H,6-9,11H2,1-3H3,(H2,17,18,19). The summed E-state index contributed by atoms with van der Waals surface area (Å²) in [5.74, 6) is 3.75. The van der Waals surface area contributed by atoms with Gasteiger partial charge in [-0.1, -0.05) is 13.8 Å². The quantitative estimate of drug-likeness (QED) is 0.458. The number of ether oxygens (including phenoxy) is 3. The van der Waals surface area contributed by atoms with Crippen molar-refractivity contribution in [3.8, 4) is 17.2 Å². The zero-order valence-corrected chi connectivity index (χ0v) is 13.5. The molecule has 1 aliphatic rings. The summed E-state index contributed by atoms with van der Waals surface area (Å²) >= 11 is 0. The van der Waals surface area contributed by atoms with Crippen molar-refractivity contribution in [1.29, 1.82) is 0 Å². The molecule has 2 N–H and O–H groups in total. The number of hydrogen-bond donors (Lipinski definition) is 2. The summed E-state index contributed by atoms with van der Waals surface area (Å²) in [4.78, 5) is 4.18. The van der Waals surface area contributed by atoms with E-state index in [9.17, 15) is 0 Å². The third kappa shape index (κ3) is 5.02. The van der Waals surface area contributed by atoms with Crippen LogP contribution in [0.15, 0.2) is 23.2 Å². The molecule has 1 aromatic rings. The zero-order chi connectivity index (χ0) is 15.8. The van der Waals surface area contributed by atoms with Crippen molar-refractivity contribution in [3.63, 3.8) is 0 Å². The fourth-order valence-corrected chi connectivity index (χ4v) is 2.00. The Balaban J connectivity index is 1.65. The molecule has 0 bridgehead atoms. The second kappa shape index (κ2) is 8.36. The highest BCUT2D eigenvalue weighted by molar-refractivity contribution is 5.79. The monoisotopic (exact) mass is 307 g/mol. The van der Waals surface area contributed by atoms with E-state index in [2.05, 4.69) is 29.5 Å². The van der Waals surface area contributed by atoms with E-state index in [4.69, 9.17) is 14.2 Å². The van der Waals surface area contributed by atoms with Crippen molar-refractivity contribution in [3.05, 3.63) is 18.2 Å². The van der Waals surface area contributed by atoms with Crippen LogP contribution in [0.25, 0.3) is 0 Å². The third-order valence-corrected chi connectivity index (χ3v) is 3.25. The van der Waals surface area contributed by atoms with E-state index in [1.54, 1.807) is 7.05 Å². The number of nitrogens with zero attached hydrogens (tertiary/aromatic N) is 1. The van der Waals surface area contributed by atoms with Gasteiger partial charge in [-0.2, -0.15) is 0 Å². The largest absolute Gasteiger partial charge is 0.492 e. The Labute approximate surface area is 131 Å². The molecule has 0 aliphatic carbocycles. The molecule has 1 heterocycles. The van der Waals surface area contributed by atoms with Crippen molar-refractivity contribution in [2.24, 2.45) is 10.9 Å². The summed E-state index contributed by atoms with van der Waals surface area (Å²) in [7, 11) is 1.77. The van der Waals surface area contributed by atoms with Gasteiger partial charge in [0, 0.05) is 19.7 Å². The van der Waals surface area contributed by atoms with Gasteiger partial charge in [-0.05, 0) is 24.5 Å². The van der Waals surface area contributed by atoms with Gasteiger partial charge in [0.2, 0.25) is 6.79 Å². The van der Waals surface area contributed by atoms with Crippen molar-refractivity contribution >= 4 is 5.96 Å². The van der Waals surface area contributed by atoms with Crippen molar-refractivity contribution < 1.29 is 14.2 Å². The van der Waals surface area contributed by atoms with E-state index in [0.29, 0.717) is 19.1 Å². The Kier molecular flexibility index (Phi) is 6.18. The average Bonchev–Trinajstić information content (AvgIpc) is 2.97. The minimum absolute atomic E-state index is 0.277. The highest BCUT2D eigenvalue weighted by atomic mass is 16.7. The fourth-order valence-electron chi connectivity index (χ4n) is 2.00. The van der Waals surface area contributed by atoms with Crippen LogP contribution in [0.3, 0.4) is 0 Å². The fraction of sp³-hybridized carbons (Fsp3) is 0.562. The van der Waals surface area contributed by atoms with Crippen LogP contribution < -0.4 is 24.8 Å². The summed E-state index contributed by atoms with van der Waals surface area (Å²) in [5.41, 5.74) is 0. The Morgan fingerprint density at radius 2 is 2.00 bits per heavy atom. The van der Waals surface area contributed by atoms with Crippen LogP contribution >= 0.6 is 0 Å². The molecule has 0 aromatic heterocycles. The van der Waals surface area contributed by atoms with Crippen LogP contribution in [0.2, 0.25) is 0 Å². The zero-order valence-electron chi connectivity index (χ0n) is 13.5. The van der Waals surface area contributed by atoms with E-state index in [0.717, 1.165) is 36.2 Å². The molecule has 0 saturated heterocycles. The molecule has 22 heavy (non-hydrogen) atoms. The minimum atomic E-state index is 0.277. The highest BCUT2D eigenvalue weighted by Gasteiger charge is 2.13. The smallest absolute Gasteiger partial charge is 0.231 e. The topological polar surface area (TPSA) is 64.1 Å². The SMILES string of the molecule is CN=C(NCCOc1ccc2c(c1)OCO2)NCCC(C)C. The first-order chi connectivity index (χ1) is 10.7. The number of fused-ring (bicyclic) bond motifs is 1. The number of hydrogen-bond acceptors (Lipinski definition) is 4. The Hall–Kier alpha value is -2.11. The van der Waals surface area contributed by atoms with Crippen molar-refractivity contribution in [2.45, 2.75) is 20.3 Å². The molecule has 0 atom stereocenters. The maximum atomic E-state index is 5.69. The van der Waals surface area contributed by atoms with Crippen molar-refractivity contribution in [1.82, 2.24) is 10.6 Å². The molecule has 6 nitrogen and oxygen atoms in total. The summed E-state index contributed by atoms with van der Waals surface area (Å²) in [5, 5.41) is 6.50. The van der Waals surface area contributed by atoms with Gasteiger partial charge in [0.25, 0.3) is 0 Å². The molecular formula is C16H25N3O3. The molecular weight excluding hydrogens is 282 g/mol. The van der Waals surface area contributed by atoms with Gasteiger partial charge in [-0.25, -0.2) is 0 Å². The van der Waals surface area contributed by atoms with Gasteiger partial charge in [-0.3, -0.25) is 4.99 Å². The van der Waals surface area contributed by atoms with E-state index in [1.807, 2.05) is 18.2 Å². The first-order valence-corrected chi connectivity index (χ1v) is 7.66. The Morgan fingerprint density at radius 3 is 2.77 bits per heavy atom. The highest BCUT2D eigenvalue weighted by Crippen LogP contribution is 2.34. The molecule has 0 unspecified atom stereocenters. The first-order valence-electron chi connectivity index (χ1n) is 7.66. The summed E-state index contributed by atoms with van der Waals surface area (Å²) in [6, 6.07) is 5.58. The average molecular weight is 307 g/mol. The molecule has 1 aromatic carbocycles. The van der Waals surface area contributed by atoms with E-state index >= 15 is 0 Å². The summed E-state index contributed by atoms with van der Waals surface area (Å²) in [6.45, 7) is 6.83. The molecule has 0 saturated carbocycles. The number of rotatable bonds is 7. The van der Waals surface area contributed by atoms with Crippen LogP contribution in [0.4, 0.5) is 0 Å². The first kappa shape index (κ1) is 16.3. The molecule has 1 aliphatic heterocycles. The normalized spacial score (nSPS) is 13.4. The Bertz CT molecular complexity index is 503. The summed E-state index contributed by atoms with van der Waals surface area (Å²) in [6.07, 6.45) is 1.12. The van der Waals surface area contributed by atoms with Crippen LogP contribution in [-0.2, 0) is 0 Å². The molecule has 0 radical (unpaired) electrons. The lowest BCUT2D eigenvalue weighted by Gasteiger charge is -2.13. The maximum absolute atomic E-state index is 5.69. The molecule has 122 valence electrons. The van der Waals surface area contributed by atoms with Crippen LogP contribution in [0, 0.1) is 5.92 Å². The van der Waals surface area contributed by atoms with Crippen molar-refractivity contribution in [2.75, 3.05) is 33.5 Å². The second-order valence-corrected chi connectivity index (χ2v) is 5.47. The minimum Gasteiger partial charge on any atom is -0.492 e. The van der Waals surface area contributed by atoms with Crippen LogP contribution in [0.1, 0.15) is 20.3 Å². The molecule has 2 rings (SSSR count). The van der Waals surface area contributed by atoms with Gasteiger partial charge in [-0.15, -0.1) is 0 Å². The van der Waals surface area contributed by atoms with Gasteiger partial charge in [0.05, 0.1) is 6.54 Å². The van der Waals surface area contributed by atoms with Gasteiger partial charge in [0.1, 0.15) is 12.4 Å². The van der Waals surface area contributed by atoms with E-state index in [-0.39, 0.29) is 6.79 Å². The number of aliphatic imine (C=N–C) groups is 1. The van der Waals surface area contributed by atoms with Crippen LogP contribution in [0.5, 0.6) is 17.2 Å². The predicted octanol–water partition coefficient (Wildman–Crippen LogP) is 2.01. The lowest BCUT2D eigenvalue weighted by molar-refractivity contribution is 0.173. The number of guanidine groups is 1. The van der Waals surface area contributed by atoms with Gasteiger partial charge in [0.15, 0.2) is 17.5 Å². The van der Waals surface area contributed by atoms with E-state index < -0.39 is 0 Å². The second-order valence-electron chi connectivity index (χ2n) is 5.47. The summed E-state index contributed by atoms with van der Waals surface area (Å²) < 4.78 is 16.3.